The van der Waals surface area contributed by atoms with E-state index in [0.717, 1.165) is 51.4 Å². The number of hydrogen-bond acceptors (Lipinski definition) is 18. The second-order valence-electron chi connectivity index (χ2n) is 26.1. The second-order valence-corrected chi connectivity index (χ2v) is 26.1. The Hall–Kier alpha value is -1.99. The van der Waals surface area contributed by atoms with Crippen LogP contribution in [0.15, 0.2) is 36.5 Å². The van der Waals surface area contributed by atoms with Crippen molar-refractivity contribution in [2.75, 3.05) is 26.4 Å². The van der Waals surface area contributed by atoms with Gasteiger partial charge in [0, 0.05) is 6.42 Å². The summed E-state index contributed by atoms with van der Waals surface area (Å²) in [5, 5.41) is 121. The van der Waals surface area contributed by atoms with Gasteiger partial charge in [-0.3, -0.25) is 4.79 Å². The van der Waals surface area contributed by atoms with E-state index in [2.05, 4.69) is 43.5 Å². The largest absolute Gasteiger partial charge is 0.394 e. The fourth-order valence-electron chi connectivity index (χ4n) is 12.3. The first kappa shape index (κ1) is 82.2. The summed E-state index contributed by atoms with van der Waals surface area (Å²) in [6.07, 6.45) is 35.4. The number of allylic oxidation sites excluding steroid dienone is 5. The lowest BCUT2D eigenvalue weighted by atomic mass is 9.96. The van der Waals surface area contributed by atoms with Gasteiger partial charge in [-0.05, 0) is 51.4 Å². The van der Waals surface area contributed by atoms with E-state index in [4.69, 9.17) is 28.4 Å². The maximum atomic E-state index is 13.4. The molecule has 17 unspecified atom stereocenters. The average Bonchev–Trinajstić information content (AvgIpc) is 0.847. The number of amides is 1. The molecule has 528 valence electrons. The van der Waals surface area contributed by atoms with Crippen LogP contribution in [0.5, 0.6) is 0 Å². The highest BCUT2D eigenvalue weighted by Gasteiger charge is 2.53. The molecule has 3 aliphatic rings. The van der Waals surface area contributed by atoms with Gasteiger partial charge in [0.15, 0.2) is 18.9 Å². The summed E-state index contributed by atoms with van der Waals surface area (Å²) < 4.78 is 34.4. The van der Waals surface area contributed by atoms with Gasteiger partial charge in [-0.15, -0.1) is 0 Å². The molecular formula is C71H131NO18. The molecule has 1 amide bonds. The van der Waals surface area contributed by atoms with Crippen LogP contribution in [-0.4, -0.2) is 193 Å². The first-order valence-electron chi connectivity index (χ1n) is 36.2. The minimum absolute atomic E-state index is 0.244. The quantitative estimate of drug-likeness (QED) is 0.0199. The standard InChI is InChI=1S/C71H131NO18/c1-3-5-7-9-11-13-15-17-19-21-23-25-26-27-28-29-31-33-35-37-39-41-43-45-47-49-59(77)72-54(55(76)48-46-44-42-40-38-36-34-32-30-24-22-20-18-16-14-12-10-8-6-4-2)53-85-69-65(83)62(80)67(57(51-74)87-69)90-71-66(84)63(81)68(58(52-75)88-71)89-70-64(82)61(79)60(78)56(50-73)86-70/h15,17,21,23,46,48,54-58,60-71,73-76,78-84H,3-14,16,18-20,22,24-45,47,49-53H2,1-2H3,(H,72,77)/b17-15-,23-21-,48-46+. The van der Waals surface area contributed by atoms with Gasteiger partial charge in [0.1, 0.15) is 73.2 Å². The number of ether oxygens (including phenoxy) is 6. The molecule has 3 heterocycles. The van der Waals surface area contributed by atoms with Gasteiger partial charge < -0.3 is 89.9 Å². The van der Waals surface area contributed by atoms with Crippen molar-refractivity contribution < 1.29 is 89.4 Å². The molecule has 3 fully saturated rings. The lowest BCUT2D eigenvalue weighted by molar-refractivity contribution is -0.379. The number of hydrogen-bond donors (Lipinski definition) is 12. The fourth-order valence-corrected chi connectivity index (χ4v) is 12.3. The number of rotatable bonds is 56. The van der Waals surface area contributed by atoms with Crippen molar-refractivity contribution in [3.05, 3.63) is 36.5 Å². The summed E-state index contributed by atoms with van der Waals surface area (Å²) in [5.74, 6) is -0.274. The van der Waals surface area contributed by atoms with Crippen molar-refractivity contribution in [1.82, 2.24) is 5.32 Å². The molecule has 0 spiro atoms. The summed E-state index contributed by atoms with van der Waals surface area (Å²) in [6, 6.07) is -0.973. The Morgan fingerprint density at radius 1 is 0.400 bits per heavy atom. The summed E-state index contributed by atoms with van der Waals surface area (Å²) in [6.45, 7) is 1.75. The molecule has 3 rings (SSSR count). The number of carbonyl (C=O) groups is 1. The van der Waals surface area contributed by atoms with Gasteiger partial charge in [0.05, 0.1) is 38.6 Å². The third-order valence-electron chi connectivity index (χ3n) is 18.2. The molecule has 0 saturated carbocycles. The van der Waals surface area contributed by atoms with Gasteiger partial charge in [-0.25, -0.2) is 0 Å². The maximum Gasteiger partial charge on any atom is 0.220 e. The smallest absolute Gasteiger partial charge is 0.220 e. The zero-order valence-electron chi connectivity index (χ0n) is 55.9. The fraction of sp³-hybridized carbons (Fsp3) is 0.901. The van der Waals surface area contributed by atoms with Crippen molar-refractivity contribution >= 4 is 5.91 Å². The SMILES string of the molecule is CCCCCCC/C=C\C/C=C\CCCCCCCCCCCCCCCC(=O)NC(COC1OC(CO)C(OC2OC(CO)C(OC3OC(CO)C(O)C(O)C3O)C(O)C2O)C(O)C1O)C(O)/C=C/CCCCCCCCCCCCCCCCCCCC. The van der Waals surface area contributed by atoms with Crippen molar-refractivity contribution in [2.24, 2.45) is 0 Å². The maximum absolute atomic E-state index is 13.4. The van der Waals surface area contributed by atoms with Gasteiger partial charge >= 0.3 is 0 Å². The summed E-state index contributed by atoms with van der Waals surface area (Å²) >= 11 is 0. The third-order valence-corrected chi connectivity index (χ3v) is 18.2. The number of carbonyl (C=O) groups excluding carboxylic acids is 1. The topological polar surface area (TPSA) is 307 Å². The second kappa shape index (κ2) is 53.2. The molecule has 90 heavy (non-hydrogen) atoms. The first-order chi connectivity index (χ1) is 43.8. The zero-order valence-corrected chi connectivity index (χ0v) is 55.9. The molecule has 0 radical (unpaired) electrons. The zero-order chi connectivity index (χ0) is 65.4. The van der Waals surface area contributed by atoms with Gasteiger partial charge in [-0.2, -0.15) is 0 Å². The predicted octanol–water partition coefficient (Wildman–Crippen LogP) is 10.00. The van der Waals surface area contributed by atoms with Crippen LogP contribution in [0.4, 0.5) is 0 Å². The minimum atomic E-state index is -1.98. The minimum Gasteiger partial charge on any atom is -0.394 e. The van der Waals surface area contributed by atoms with Gasteiger partial charge in [0.2, 0.25) is 5.91 Å². The molecule has 19 heteroatoms. The van der Waals surface area contributed by atoms with Crippen molar-refractivity contribution in [3.63, 3.8) is 0 Å². The molecule has 0 aromatic heterocycles. The predicted molar refractivity (Wildman–Crippen MR) is 351 cm³/mol. The van der Waals surface area contributed by atoms with Crippen LogP contribution in [0, 0.1) is 0 Å². The van der Waals surface area contributed by atoms with Crippen LogP contribution < -0.4 is 5.32 Å². The highest BCUT2D eigenvalue weighted by Crippen LogP contribution is 2.33. The van der Waals surface area contributed by atoms with Crippen molar-refractivity contribution in [2.45, 2.75) is 381 Å². The third kappa shape index (κ3) is 34.6. The van der Waals surface area contributed by atoms with Crippen molar-refractivity contribution in [1.29, 1.82) is 0 Å². The lowest BCUT2D eigenvalue weighted by Gasteiger charge is -2.48. The molecule has 12 N–H and O–H groups in total. The summed E-state index contributed by atoms with van der Waals surface area (Å²) in [4.78, 5) is 13.4. The lowest BCUT2D eigenvalue weighted by Crippen LogP contribution is -2.66. The number of nitrogens with one attached hydrogen (secondary N) is 1. The van der Waals surface area contributed by atoms with Crippen LogP contribution in [0.3, 0.4) is 0 Å². The van der Waals surface area contributed by atoms with Crippen LogP contribution in [-0.2, 0) is 33.2 Å². The Labute approximate surface area is 542 Å². The Balaban J connectivity index is 1.43. The molecular weight excluding hydrogens is 1150 g/mol. The van der Waals surface area contributed by atoms with Crippen LogP contribution in [0.25, 0.3) is 0 Å². The van der Waals surface area contributed by atoms with Crippen LogP contribution >= 0.6 is 0 Å². The number of aliphatic hydroxyl groups excluding tert-OH is 11. The van der Waals surface area contributed by atoms with E-state index in [1.54, 1.807) is 6.08 Å². The average molecular weight is 1290 g/mol. The Morgan fingerprint density at radius 3 is 1.13 bits per heavy atom. The van der Waals surface area contributed by atoms with E-state index in [1.165, 1.54) is 199 Å². The highest BCUT2D eigenvalue weighted by atomic mass is 16.8. The van der Waals surface area contributed by atoms with E-state index < -0.39 is 124 Å². The van der Waals surface area contributed by atoms with Crippen molar-refractivity contribution in [3.8, 4) is 0 Å². The molecule has 17 atom stereocenters. The van der Waals surface area contributed by atoms with Crippen LogP contribution in [0.2, 0.25) is 0 Å². The first-order valence-corrected chi connectivity index (χ1v) is 36.2. The summed E-state index contributed by atoms with van der Waals surface area (Å²) in [7, 11) is 0. The number of unbranched alkanes of at least 4 members (excludes halogenated alkanes) is 36. The number of aliphatic hydroxyl groups is 11. The van der Waals surface area contributed by atoms with E-state index in [1.807, 2.05) is 6.08 Å². The van der Waals surface area contributed by atoms with Crippen LogP contribution in [0.1, 0.15) is 277 Å². The normalized spacial score (nSPS) is 28.2. The van der Waals surface area contributed by atoms with E-state index in [-0.39, 0.29) is 18.9 Å². The molecule has 3 aliphatic heterocycles. The highest BCUT2D eigenvalue weighted by molar-refractivity contribution is 5.76. The monoisotopic (exact) mass is 1290 g/mol. The van der Waals surface area contributed by atoms with Gasteiger partial charge in [0.25, 0.3) is 0 Å². The molecule has 19 nitrogen and oxygen atoms in total. The molecule has 3 saturated heterocycles. The van der Waals surface area contributed by atoms with E-state index in [0.29, 0.717) is 6.42 Å². The Morgan fingerprint density at radius 2 is 0.733 bits per heavy atom. The Kier molecular flexibility index (Phi) is 48.6. The molecule has 0 aliphatic carbocycles. The van der Waals surface area contributed by atoms with E-state index in [9.17, 15) is 61.0 Å². The molecule has 0 aromatic rings. The summed E-state index contributed by atoms with van der Waals surface area (Å²) in [5.41, 5.74) is 0. The Bertz CT molecular complexity index is 1780. The molecule has 0 aromatic carbocycles. The van der Waals surface area contributed by atoms with Gasteiger partial charge in [-0.1, -0.05) is 256 Å². The molecule has 0 bridgehead atoms. The van der Waals surface area contributed by atoms with E-state index >= 15 is 0 Å².